The molecule has 1 aliphatic carbocycles. The number of amides is 2. The first-order valence-corrected chi connectivity index (χ1v) is 7.61. The Balaban J connectivity index is 1.79. The molecule has 0 bridgehead atoms. The molecule has 2 rings (SSSR count). The van der Waals surface area contributed by atoms with Crippen molar-refractivity contribution in [2.24, 2.45) is 11.8 Å². The molecule has 1 fully saturated rings. The minimum atomic E-state index is -1.06. The van der Waals surface area contributed by atoms with Crippen LogP contribution < -0.4 is 10.6 Å². The highest BCUT2D eigenvalue weighted by molar-refractivity contribution is 7.16. The first kappa shape index (κ1) is 15.5. The number of carbonyl (C=O) groups is 3. The van der Waals surface area contributed by atoms with Crippen LogP contribution in [0.2, 0.25) is 0 Å². The summed E-state index contributed by atoms with van der Waals surface area (Å²) in [6.45, 7) is 4.06. The van der Waals surface area contributed by atoms with Crippen molar-refractivity contribution in [1.82, 2.24) is 5.32 Å². The number of thiophene rings is 1. The highest BCUT2D eigenvalue weighted by atomic mass is 32.1. The molecular weight excluding hydrogens is 292 g/mol. The second-order valence-electron chi connectivity index (χ2n) is 5.31. The number of nitrogens with one attached hydrogen (secondary N) is 2. The van der Waals surface area contributed by atoms with Crippen molar-refractivity contribution in [2.75, 3.05) is 11.9 Å². The van der Waals surface area contributed by atoms with Crippen molar-refractivity contribution in [1.29, 1.82) is 0 Å². The number of aryl methyl sites for hydroxylation is 1. The van der Waals surface area contributed by atoms with Gasteiger partial charge in [0.15, 0.2) is 0 Å². The van der Waals surface area contributed by atoms with Gasteiger partial charge in [-0.1, -0.05) is 6.92 Å². The van der Waals surface area contributed by atoms with Gasteiger partial charge in [0.1, 0.15) is 5.00 Å². The summed E-state index contributed by atoms with van der Waals surface area (Å²) in [7, 11) is 0. The summed E-state index contributed by atoms with van der Waals surface area (Å²) >= 11 is 1.23. The maximum absolute atomic E-state index is 11.8. The predicted octanol–water partition coefficient (Wildman–Crippen LogP) is 1.86. The van der Waals surface area contributed by atoms with Crippen LogP contribution in [0.1, 0.15) is 35.0 Å². The zero-order valence-corrected chi connectivity index (χ0v) is 12.8. The number of rotatable bonds is 6. The third-order valence-electron chi connectivity index (χ3n) is 3.44. The monoisotopic (exact) mass is 310 g/mol. The van der Waals surface area contributed by atoms with Gasteiger partial charge in [0.2, 0.25) is 11.8 Å². The molecule has 0 radical (unpaired) electrons. The maximum Gasteiger partial charge on any atom is 0.338 e. The topological polar surface area (TPSA) is 95.5 Å². The fourth-order valence-electron chi connectivity index (χ4n) is 2.07. The fourth-order valence-corrected chi connectivity index (χ4v) is 2.99. The van der Waals surface area contributed by atoms with Gasteiger partial charge in [-0.25, -0.2) is 4.79 Å². The third-order valence-corrected chi connectivity index (χ3v) is 4.40. The first-order valence-electron chi connectivity index (χ1n) is 6.79. The number of carboxylic acids is 1. The van der Waals surface area contributed by atoms with Gasteiger partial charge in [0.25, 0.3) is 0 Å². The fraction of sp³-hybridized carbons (Fsp3) is 0.500. The molecule has 1 aromatic rings. The third kappa shape index (κ3) is 4.04. The van der Waals surface area contributed by atoms with Crippen molar-refractivity contribution in [3.05, 3.63) is 16.5 Å². The standard InChI is InChI=1S/C14H18N2O4S/c1-7-5-9(7)12(18)15-4-3-11(17)16-13-10(14(19)20)6-8(2)21-13/h6-7,9H,3-5H2,1-2H3,(H,15,18)(H,16,17)(H,19,20). The summed E-state index contributed by atoms with van der Waals surface area (Å²) in [5, 5.41) is 14.7. The highest BCUT2D eigenvalue weighted by Gasteiger charge is 2.38. The molecule has 0 aliphatic heterocycles. The van der Waals surface area contributed by atoms with Gasteiger partial charge in [-0.3, -0.25) is 9.59 Å². The molecule has 2 amide bonds. The van der Waals surface area contributed by atoms with E-state index in [-0.39, 0.29) is 36.3 Å². The lowest BCUT2D eigenvalue weighted by Gasteiger charge is -2.06. The van der Waals surface area contributed by atoms with Gasteiger partial charge in [-0.05, 0) is 25.3 Å². The first-order chi connectivity index (χ1) is 9.88. The molecule has 1 saturated carbocycles. The molecule has 3 N–H and O–H groups in total. The summed E-state index contributed by atoms with van der Waals surface area (Å²) in [5.74, 6) is -0.847. The molecule has 114 valence electrons. The molecule has 1 aliphatic rings. The SMILES string of the molecule is Cc1cc(C(=O)O)c(NC(=O)CCNC(=O)C2CC2C)s1. The van der Waals surface area contributed by atoms with Crippen LogP contribution in [-0.2, 0) is 9.59 Å². The largest absolute Gasteiger partial charge is 0.478 e. The number of aromatic carboxylic acids is 1. The van der Waals surface area contributed by atoms with Crippen LogP contribution in [0.5, 0.6) is 0 Å². The van der Waals surface area contributed by atoms with E-state index in [2.05, 4.69) is 10.6 Å². The van der Waals surface area contributed by atoms with Crippen LogP contribution in [0.15, 0.2) is 6.07 Å². The van der Waals surface area contributed by atoms with E-state index in [1.54, 1.807) is 6.92 Å². The second kappa shape index (κ2) is 6.26. The van der Waals surface area contributed by atoms with Crippen LogP contribution >= 0.6 is 11.3 Å². The lowest BCUT2D eigenvalue weighted by molar-refractivity contribution is -0.122. The molecule has 1 heterocycles. The second-order valence-corrected chi connectivity index (χ2v) is 6.57. The molecule has 0 aromatic carbocycles. The van der Waals surface area contributed by atoms with E-state index in [1.807, 2.05) is 6.92 Å². The van der Waals surface area contributed by atoms with E-state index in [4.69, 9.17) is 5.11 Å². The van der Waals surface area contributed by atoms with Crippen LogP contribution in [0.25, 0.3) is 0 Å². The molecular formula is C14H18N2O4S. The molecule has 21 heavy (non-hydrogen) atoms. The smallest absolute Gasteiger partial charge is 0.338 e. The summed E-state index contributed by atoms with van der Waals surface area (Å²) in [6, 6.07) is 1.53. The van der Waals surface area contributed by atoms with Crippen LogP contribution in [0.3, 0.4) is 0 Å². The number of hydrogen-bond acceptors (Lipinski definition) is 4. The van der Waals surface area contributed by atoms with E-state index >= 15 is 0 Å². The molecule has 1 aromatic heterocycles. The quantitative estimate of drug-likeness (QED) is 0.747. The van der Waals surface area contributed by atoms with E-state index in [0.717, 1.165) is 11.3 Å². The number of carbonyl (C=O) groups excluding carboxylic acids is 2. The van der Waals surface area contributed by atoms with Gasteiger partial charge < -0.3 is 15.7 Å². The summed E-state index contributed by atoms with van der Waals surface area (Å²) in [5.41, 5.74) is 0.0988. The highest BCUT2D eigenvalue weighted by Crippen LogP contribution is 2.37. The Morgan fingerprint density at radius 2 is 2.10 bits per heavy atom. The van der Waals surface area contributed by atoms with Crippen molar-refractivity contribution in [3.63, 3.8) is 0 Å². The van der Waals surface area contributed by atoms with Gasteiger partial charge in [-0.15, -0.1) is 11.3 Å². The zero-order valence-electron chi connectivity index (χ0n) is 11.9. The Labute approximate surface area is 126 Å². The van der Waals surface area contributed by atoms with E-state index < -0.39 is 5.97 Å². The van der Waals surface area contributed by atoms with Crippen molar-refractivity contribution in [3.8, 4) is 0 Å². The average molecular weight is 310 g/mol. The summed E-state index contributed by atoms with van der Waals surface area (Å²) in [4.78, 5) is 35.2. The normalized spacial score (nSPS) is 19.9. The summed E-state index contributed by atoms with van der Waals surface area (Å²) in [6.07, 6.45) is 1.04. The molecule has 6 nitrogen and oxygen atoms in total. The minimum Gasteiger partial charge on any atom is -0.478 e. The van der Waals surface area contributed by atoms with Gasteiger partial charge >= 0.3 is 5.97 Å². The minimum absolute atomic E-state index is 0.00602. The van der Waals surface area contributed by atoms with Crippen LogP contribution in [0.4, 0.5) is 5.00 Å². The zero-order chi connectivity index (χ0) is 15.6. The van der Waals surface area contributed by atoms with Crippen molar-refractivity contribution < 1.29 is 19.5 Å². The number of anilines is 1. The van der Waals surface area contributed by atoms with Crippen molar-refractivity contribution >= 4 is 34.1 Å². The summed E-state index contributed by atoms with van der Waals surface area (Å²) < 4.78 is 0. The predicted molar refractivity (Wildman–Crippen MR) is 79.5 cm³/mol. The van der Waals surface area contributed by atoms with Crippen LogP contribution in [-0.4, -0.2) is 29.4 Å². The van der Waals surface area contributed by atoms with Gasteiger partial charge in [0.05, 0.1) is 5.56 Å². The lowest BCUT2D eigenvalue weighted by atomic mass is 10.3. The van der Waals surface area contributed by atoms with Crippen molar-refractivity contribution in [2.45, 2.75) is 26.7 Å². The molecule has 2 unspecified atom stereocenters. The average Bonchev–Trinajstić information content (AvgIpc) is 3.00. The van der Waals surface area contributed by atoms with E-state index in [1.165, 1.54) is 17.4 Å². The Kier molecular flexibility index (Phi) is 4.62. The van der Waals surface area contributed by atoms with Gasteiger partial charge in [-0.2, -0.15) is 0 Å². The number of carboxylic acid groups (broad SMARTS) is 1. The van der Waals surface area contributed by atoms with Gasteiger partial charge in [0, 0.05) is 23.8 Å². The Hall–Kier alpha value is -1.89. The maximum atomic E-state index is 11.8. The van der Waals surface area contributed by atoms with E-state index in [0.29, 0.717) is 10.9 Å². The van der Waals surface area contributed by atoms with Crippen LogP contribution in [0, 0.1) is 18.8 Å². The molecule has 0 spiro atoms. The Morgan fingerprint density at radius 1 is 1.43 bits per heavy atom. The molecule has 7 heteroatoms. The Morgan fingerprint density at radius 3 is 2.67 bits per heavy atom. The molecule has 2 atom stereocenters. The lowest BCUT2D eigenvalue weighted by Crippen LogP contribution is -2.29. The molecule has 0 saturated heterocycles. The Bertz CT molecular complexity index is 582. The number of hydrogen-bond donors (Lipinski definition) is 3. The van der Waals surface area contributed by atoms with E-state index in [9.17, 15) is 14.4 Å².